The number of hydrogen-bond donors (Lipinski definition) is 3. The highest BCUT2D eigenvalue weighted by Crippen LogP contribution is 1.85. The Labute approximate surface area is 79.7 Å². The Kier molecular flexibility index (Phi) is 7.29. The van der Waals surface area contributed by atoms with E-state index in [2.05, 4.69) is 37.1 Å². The van der Waals surface area contributed by atoms with Crippen LogP contribution in [0.25, 0.3) is 0 Å². The average molecular weight is 190 g/mol. The first kappa shape index (κ1) is 11.8. The van der Waals surface area contributed by atoms with Crippen molar-refractivity contribution >= 4 is 18.5 Å². The van der Waals surface area contributed by atoms with Crippen molar-refractivity contribution in [3.05, 3.63) is 0 Å². The molecule has 0 saturated heterocycles. The van der Waals surface area contributed by atoms with E-state index in [1.807, 2.05) is 0 Å². The molecule has 0 aliphatic carbocycles. The second-order valence-corrected chi connectivity index (χ2v) is 3.21. The van der Waals surface area contributed by atoms with Gasteiger partial charge in [0.25, 0.3) is 0 Å². The van der Waals surface area contributed by atoms with Gasteiger partial charge in [0.1, 0.15) is 0 Å². The van der Waals surface area contributed by atoms with Gasteiger partial charge in [-0.2, -0.15) is 12.6 Å². The van der Waals surface area contributed by atoms with Crippen LogP contribution in [0.15, 0.2) is 0 Å². The summed E-state index contributed by atoms with van der Waals surface area (Å²) < 4.78 is 0. The van der Waals surface area contributed by atoms with Crippen LogP contribution >= 0.6 is 12.6 Å². The SMILES string of the molecule is CCC(C)NCC(=O)NCCS. The Morgan fingerprint density at radius 1 is 1.58 bits per heavy atom. The number of carbonyl (C=O) groups excluding carboxylic acids is 1. The first-order valence-electron chi connectivity index (χ1n) is 4.31. The summed E-state index contributed by atoms with van der Waals surface area (Å²) >= 11 is 3.99. The van der Waals surface area contributed by atoms with Crippen molar-refractivity contribution in [2.24, 2.45) is 0 Å². The molecule has 12 heavy (non-hydrogen) atoms. The number of hydrogen-bond acceptors (Lipinski definition) is 3. The minimum absolute atomic E-state index is 0.0457. The lowest BCUT2D eigenvalue weighted by molar-refractivity contribution is -0.120. The molecule has 0 saturated carbocycles. The summed E-state index contributed by atoms with van der Waals surface area (Å²) in [5, 5.41) is 5.84. The molecule has 72 valence electrons. The van der Waals surface area contributed by atoms with Crippen LogP contribution in [0.5, 0.6) is 0 Å². The Morgan fingerprint density at radius 3 is 2.75 bits per heavy atom. The minimum atomic E-state index is 0.0457. The van der Waals surface area contributed by atoms with Crippen molar-refractivity contribution in [3.63, 3.8) is 0 Å². The molecule has 1 unspecified atom stereocenters. The van der Waals surface area contributed by atoms with E-state index in [1.165, 1.54) is 0 Å². The molecule has 0 aliphatic rings. The summed E-state index contributed by atoms with van der Waals surface area (Å²) in [5.74, 6) is 0.735. The predicted octanol–water partition coefficient (Wildman–Crippen LogP) is 0.421. The van der Waals surface area contributed by atoms with Crippen LogP contribution in [0, 0.1) is 0 Å². The highest BCUT2D eigenvalue weighted by Gasteiger charge is 2.01. The van der Waals surface area contributed by atoms with Crippen LogP contribution in [0.1, 0.15) is 20.3 Å². The molecule has 3 nitrogen and oxygen atoms in total. The fourth-order valence-electron chi connectivity index (χ4n) is 0.669. The van der Waals surface area contributed by atoms with E-state index >= 15 is 0 Å². The van der Waals surface area contributed by atoms with Crippen molar-refractivity contribution in [1.29, 1.82) is 0 Å². The van der Waals surface area contributed by atoms with Crippen molar-refractivity contribution in [1.82, 2.24) is 10.6 Å². The van der Waals surface area contributed by atoms with Crippen LogP contribution in [0.2, 0.25) is 0 Å². The summed E-state index contributed by atoms with van der Waals surface area (Å²) in [6.07, 6.45) is 1.04. The van der Waals surface area contributed by atoms with Gasteiger partial charge in [0.2, 0.25) is 5.91 Å². The molecule has 0 aliphatic heterocycles. The number of rotatable bonds is 6. The third-order valence-electron chi connectivity index (χ3n) is 1.66. The quantitative estimate of drug-likeness (QED) is 0.531. The van der Waals surface area contributed by atoms with Crippen molar-refractivity contribution < 1.29 is 4.79 Å². The minimum Gasteiger partial charge on any atom is -0.354 e. The summed E-state index contributed by atoms with van der Waals surface area (Å²) in [6, 6.07) is 0.409. The smallest absolute Gasteiger partial charge is 0.233 e. The number of nitrogens with one attached hydrogen (secondary N) is 2. The van der Waals surface area contributed by atoms with Gasteiger partial charge in [-0.1, -0.05) is 6.92 Å². The van der Waals surface area contributed by atoms with Crippen LogP contribution < -0.4 is 10.6 Å². The monoisotopic (exact) mass is 190 g/mol. The lowest BCUT2D eigenvalue weighted by Crippen LogP contribution is -2.38. The van der Waals surface area contributed by atoms with Gasteiger partial charge in [-0.25, -0.2) is 0 Å². The third kappa shape index (κ3) is 6.49. The van der Waals surface area contributed by atoms with E-state index in [0.717, 1.165) is 6.42 Å². The molecule has 0 bridgehead atoms. The van der Waals surface area contributed by atoms with Crippen molar-refractivity contribution in [2.75, 3.05) is 18.8 Å². The molecule has 1 atom stereocenters. The largest absolute Gasteiger partial charge is 0.354 e. The topological polar surface area (TPSA) is 41.1 Å². The second-order valence-electron chi connectivity index (χ2n) is 2.76. The van der Waals surface area contributed by atoms with Crippen LogP contribution in [-0.2, 0) is 4.79 Å². The van der Waals surface area contributed by atoms with Crippen molar-refractivity contribution in [3.8, 4) is 0 Å². The Hall–Kier alpha value is -0.220. The molecule has 0 rings (SSSR count). The molecule has 0 heterocycles. The molecule has 0 aromatic carbocycles. The van der Waals surface area contributed by atoms with E-state index in [1.54, 1.807) is 0 Å². The van der Waals surface area contributed by atoms with Crippen LogP contribution in [0.4, 0.5) is 0 Å². The zero-order valence-corrected chi connectivity index (χ0v) is 8.66. The van der Waals surface area contributed by atoms with E-state index in [0.29, 0.717) is 24.9 Å². The van der Waals surface area contributed by atoms with E-state index in [4.69, 9.17) is 0 Å². The zero-order chi connectivity index (χ0) is 9.40. The van der Waals surface area contributed by atoms with Gasteiger partial charge in [-0.05, 0) is 13.3 Å². The van der Waals surface area contributed by atoms with E-state index < -0.39 is 0 Å². The summed E-state index contributed by atoms with van der Waals surface area (Å²) in [6.45, 7) is 5.20. The summed E-state index contributed by atoms with van der Waals surface area (Å²) in [7, 11) is 0. The number of thiol groups is 1. The Morgan fingerprint density at radius 2 is 2.25 bits per heavy atom. The Balaban J connectivity index is 3.31. The molecule has 0 radical (unpaired) electrons. The molecule has 1 amide bonds. The fraction of sp³-hybridized carbons (Fsp3) is 0.875. The van der Waals surface area contributed by atoms with Gasteiger partial charge >= 0.3 is 0 Å². The Bertz CT molecular complexity index is 130. The lowest BCUT2D eigenvalue weighted by Gasteiger charge is -2.10. The molecule has 0 aromatic rings. The van der Waals surface area contributed by atoms with Gasteiger partial charge in [-0.3, -0.25) is 4.79 Å². The van der Waals surface area contributed by atoms with E-state index in [-0.39, 0.29) is 5.91 Å². The first-order valence-corrected chi connectivity index (χ1v) is 4.94. The maximum atomic E-state index is 11.0. The molecule has 0 spiro atoms. The van der Waals surface area contributed by atoms with Gasteiger partial charge in [0, 0.05) is 18.3 Å². The number of amides is 1. The van der Waals surface area contributed by atoms with Gasteiger partial charge in [-0.15, -0.1) is 0 Å². The third-order valence-corrected chi connectivity index (χ3v) is 1.88. The highest BCUT2D eigenvalue weighted by molar-refractivity contribution is 7.80. The normalized spacial score (nSPS) is 12.6. The summed E-state index contributed by atoms with van der Waals surface area (Å²) in [4.78, 5) is 11.0. The lowest BCUT2D eigenvalue weighted by atomic mass is 10.2. The molecule has 0 aromatic heterocycles. The van der Waals surface area contributed by atoms with Crippen molar-refractivity contribution in [2.45, 2.75) is 26.3 Å². The second kappa shape index (κ2) is 7.43. The molecule has 4 heteroatoms. The standard InChI is InChI=1S/C8H18N2OS/c1-3-7(2)10-6-8(11)9-4-5-12/h7,10,12H,3-6H2,1-2H3,(H,9,11). The van der Waals surface area contributed by atoms with Gasteiger partial charge in [0.15, 0.2) is 0 Å². The molecule has 2 N–H and O–H groups in total. The van der Waals surface area contributed by atoms with Crippen LogP contribution in [-0.4, -0.2) is 30.8 Å². The maximum absolute atomic E-state index is 11.0. The maximum Gasteiger partial charge on any atom is 0.233 e. The zero-order valence-electron chi connectivity index (χ0n) is 7.76. The van der Waals surface area contributed by atoms with Gasteiger partial charge < -0.3 is 10.6 Å². The predicted molar refractivity (Wildman–Crippen MR) is 54.6 cm³/mol. The fourth-order valence-corrected chi connectivity index (χ4v) is 0.781. The molecular formula is C8H18N2OS. The highest BCUT2D eigenvalue weighted by atomic mass is 32.1. The summed E-state index contributed by atoms with van der Waals surface area (Å²) in [5.41, 5.74) is 0. The van der Waals surface area contributed by atoms with E-state index in [9.17, 15) is 4.79 Å². The molecular weight excluding hydrogens is 172 g/mol. The number of carbonyl (C=O) groups is 1. The van der Waals surface area contributed by atoms with Gasteiger partial charge in [0.05, 0.1) is 6.54 Å². The first-order chi connectivity index (χ1) is 5.70. The van der Waals surface area contributed by atoms with Crippen LogP contribution in [0.3, 0.4) is 0 Å². The average Bonchev–Trinajstić information content (AvgIpc) is 2.10. The molecule has 0 fully saturated rings.